The van der Waals surface area contributed by atoms with E-state index >= 15 is 0 Å². The van der Waals surface area contributed by atoms with Crippen LogP contribution in [0.4, 0.5) is 0 Å². The number of likely N-dealkylation sites (tertiary alicyclic amines) is 1. The summed E-state index contributed by atoms with van der Waals surface area (Å²) in [6.45, 7) is 9.70. The average molecular weight is 684 g/mol. The third-order valence-corrected chi connectivity index (χ3v) is 10.7. The van der Waals surface area contributed by atoms with Crippen LogP contribution in [-0.2, 0) is 32.2 Å². The molecule has 2 bridgehead atoms. The van der Waals surface area contributed by atoms with Gasteiger partial charge in [-0.15, -0.1) is 0 Å². The Morgan fingerprint density at radius 3 is 2.32 bits per heavy atom. The second-order valence-corrected chi connectivity index (χ2v) is 15.8. The van der Waals surface area contributed by atoms with E-state index in [4.69, 9.17) is 14.7 Å². The van der Waals surface area contributed by atoms with Gasteiger partial charge in [-0.25, -0.2) is 5.48 Å². The van der Waals surface area contributed by atoms with Crippen molar-refractivity contribution in [2.45, 2.75) is 110 Å². The molecular formula is C41H53N3O6. The highest BCUT2D eigenvalue weighted by atomic mass is 16.7. The van der Waals surface area contributed by atoms with Crippen LogP contribution in [0.5, 0.6) is 0 Å². The van der Waals surface area contributed by atoms with E-state index in [1.54, 1.807) is 5.48 Å². The van der Waals surface area contributed by atoms with Crippen LogP contribution in [0.2, 0.25) is 0 Å². The summed E-state index contributed by atoms with van der Waals surface area (Å²) in [5, 5.41) is 21.2. The Kier molecular flexibility index (Phi) is 11.4. The maximum atomic E-state index is 12.4. The van der Waals surface area contributed by atoms with Crippen LogP contribution in [-0.4, -0.2) is 52.3 Å². The lowest BCUT2D eigenvalue weighted by molar-refractivity contribution is -0.253. The van der Waals surface area contributed by atoms with E-state index in [1.807, 2.05) is 30.3 Å². The van der Waals surface area contributed by atoms with Crippen molar-refractivity contribution in [2.75, 3.05) is 13.1 Å². The van der Waals surface area contributed by atoms with Gasteiger partial charge in [0.2, 0.25) is 11.8 Å². The Morgan fingerprint density at radius 1 is 0.860 bits per heavy atom. The Morgan fingerprint density at radius 2 is 1.58 bits per heavy atom. The van der Waals surface area contributed by atoms with Gasteiger partial charge in [-0.1, -0.05) is 81.4 Å². The number of hydrogen-bond acceptors (Lipinski definition) is 7. The minimum absolute atomic E-state index is 0.00441. The molecule has 0 spiro atoms. The predicted molar refractivity (Wildman–Crippen MR) is 192 cm³/mol. The van der Waals surface area contributed by atoms with Gasteiger partial charge in [-0.05, 0) is 82.9 Å². The zero-order valence-electron chi connectivity index (χ0n) is 29.7. The van der Waals surface area contributed by atoms with E-state index in [0.29, 0.717) is 42.7 Å². The van der Waals surface area contributed by atoms with Crippen molar-refractivity contribution < 1.29 is 29.4 Å². The molecule has 5 atom stereocenters. The summed E-state index contributed by atoms with van der Waals surface area (Å²) >= 11 is 0. The number of hydrogen-bond donors (Lipinski definition) is 4. The smallest absolute Gasteiger partial charge is 0.243 e. The highest BCUT2D eigenvalue weighted by Crippen LogP contribution is 2.53. The lowest BCUT2D eigenvalue weighted by Crippen LogP contribution is -2.42. The zero-order chi connectivity index (χ0) is 35.3. The largest absolute Gasteiger partial charge is 0.392 e. The molecule has 2 amide bonds. The second kappa shape index (κ2) is 15.7. The second-order valence-electron chi connectivity index (χ2n) is 15.8. The summed E-state index contributed by atoms with van der Waals surface area (Å²) in [5.41, 5.74) is 8.33. The topological polar surface area (TPSA) is 120 Å². The number of fused-ring (bicyclic) bond motifs is 2. The first-order chi connectivity index (χ1) is 24.0. The van der Waals surface area contributed by atoms with Gasteiger partial charge in [0.25, 0.3) is 0 Å². The van der Waals surface area contributed by atoms with Gasteiger partial charge >= 0.3 is 0 Å². The van der Waals surface area contributed by atoms with Crippen LogP contribution in [0.15, 0.2) is 72.8 Å². The fourth-order valence-corrected chi connectivity index (χ4v) is 8.73. The highest BCUT2D eigenvalue weighted by Gasteiger charge is 2.50. The molecule has 9 heteroatoms. The van der Waals surface area contributed by atoms with E-state index < -0.39 is 12.2 Å². The van der Waals surface area contributed by atoms with Crippen LogP contribution >= 0.6 is 0 Å². The highest BCUT2D eigenvalue weighted by molar-refractivity contribution is 5.76. The van der Waals surface area contributed by atoms with E-state index in [-0.39, 0.29) is 31.1 Å². The van der Waals surface area contributed by atoms with Gasteiger partial charge in [0.1, 0.15) is 0 Å². The molecule has 4 N–H and O–H groups in total. The lowest BCUT2D eigenvalue weighted by atomic mass is 9.65. The number of carbonyl (C=O) groups is 2. The molecule has 0 radical (unpaired) electrons. The minimum Gasteiger partial charge on any atom is -0.392 e. The molecule has 2 heterocycles. The monoisotopic (exact) mass is 683 g/mol. The Labute approximate surface area is 296 Å². The lowest BCUT2D eigenvalue weighted by Gasteiger charge is -2.41. The van der Waals surface area contributed by atoms with Crippen LogP contribution in [0.3, 0.4) is 0 Å². The molecule has 9 nitrogen and oxygen atoms in total. The maximum absolute atomic E-state index is 12.4. The Hall–Kier alpha value is -3.60. The normalized spacial score (nSPS) is 26.0. The molecule has 2 unspecified atom stereocenters. The first kappa shape index (κ1) is 36.2. The standard InChI is InChI=1S/C41H53N3O6/c1-40(2)21-34-22-41(3,26-40)27-44(34)24-35-20-36(30-16-14-28(25-45)15-17-30)50-39(49-35)33-11-7-10-32(19-33)31-9-6-8-29(18-31)23-42-37(46)12-4-5-13-38(47)43-48/h6-11,14-19,34-36,39,45,48H,4-5,12-13,20-27H2,1-3H3,(H,42,46)(H,43,47)/t34?,35-,36+,39+,41?/m0/s1. The van der Waals surface area contributed by atoms with E-state index in [0.717, 1.165) is 52.9 Å². The van der Waals surface area contributed by atoms with Crippen LogP contribution in [0.1, 0.15) is 107 Å². The van der Waals surface area contributed by atoms with Crippen molar-refractivity contribution >= 4 is 11.8 Å². The number of unbranched alkanes of at least 4 members (excludes halogenated alkanes) is 1. The number of nitrogens with zero attached hydrogens (tertiary/aromatic N) is 1. The molecule has 3 fully saturated rings. The third-order valence-electron chi connectivity index (χ3n) is 10.7. The van der Waals surface area contributed by atoms with Gasteiger partial charge in [0.05, 0.1) is 18.8 Å². The van der Waals surface area contributed by atoms with Gasteiger partial charge in [0.15, 0.2) is 6.29 Å². The molecule has 2 saturated heterocycles. The van der Waals surface area contributed by atoms with Crippen molar-refractivity contribution in [2.24, 2.45) is 10.8 Å². The summed E-state index contributed by atoms with van der Waals surface area (Å²) < 4.78 is 13.5. The summed E-state index contributed by atoms with van der Waals surface area (Å²) in [4.78, 5) is 26.3. The maximum Gasteiger partial charge on any atom is 0.243 e. The number of aliphatic hydroxyl groups excluding tert-OH is 1. The number of amides is 2. The quantitative estimate of drug-likeness (QED) is 0.0873. The summed E-state index contributed by atoms with van der Waals surface area (Å²) in [5.74, 6) is -0.512. The SMILES string of the molecule is CC1(C)CC2CC(C)(CN2C[C@@H]2C[C@H](c3ccc(CO)cc3)O[C@H](c3cccc(-c4cccc(CNC(=O)CCCCC(=O)NO)c4)c3)O2)C1. The van der Waals surface area contributed by atoms with Crippen molar-refractivity contribution in [3.63, 3.8) is 0 Å². The average Bonchev–Trinajstić information content (AvgIpc) is 3.35. The number of carbonyl (C=O) groups excluding carboxylic acids is 2. The molecule has 1 aliphatic carbocycles. The molecule has 0 aromatic heterocycles. The molecule has 268 valence electrons. The fourth-order valence-electron chi connectivity index (χ4n) is 8.73. The molecule has 50 heavy (non-hydrogen) atoms. The number of ether oxygens (including phenoxy) is 2. The van der Waals surface area contributed by atoms with E-state index in [1.165, 1.54) is 19.3 Å². The van der Waals surface area contributed by atoms with E-state index in [2.05, 4.69) is 73.5 Å². The summed E-state index contributed by atoms with van der Waals surface area (Å²) in [7, 11) is 0. The molecule has 3 aliphatic rings. The number of hydroxylamine groups is 1. The van der Waals surface area contributed by atoms with Gasteiger partial charge < -0.3 is 19.9 Å². The molecular weight excluding hydrogens is 630 g/mol. The first-order valence-corrected chi connectivity index (χ1v) is 18.1. The zero-order valence-corrected chi connectivity index (χ0v) is 29.7. The van der Waals surface area contributed by atoms with E-state index in [9.17, 15) is 14.7 Å². The summed E-state index contributed by atoms with van der Waals surface area (Å²) in [6, 6.07) is 25.2. The van der Waals surface area contributed by atoms with Gasteiger partial charge in [0, 0.05) is 50.5 Å². The third kappa shape index (κ3) is 9.19. The van der Waals surface area contributed by atoms with Crippen LogP contribution in [0, 0.1) is 10.8 Å². The molecule has 2 aliphatic heterocycles. The first-order valence-electron chi connectivity index (χ1n) is 18.1. The van der Waals surface area contributed by atoms with Crippen molar-refractivity contribution in [3.05, 3.63) is 95.1 Å². The molecule has 3 aromatic rings. The minimum atomic E-state index is -0.531. The molecule has 1 saturated carbocycles. The van der Waals surface area contributed by atoms with Gasteiger partial charge in [-0.3, -0.25) is 19.7 Å². The van der Waals surface area contributed by atoms with Crippen molar-refractivity contribution in [3.8, 4) is 11.1 Å². The number of benzene rings is 3. The Balaban J connectivity index is 1.15. The van der Waals surface area contributed by atoms with Crippen LogP contribution in [0.25, 0.3) is 11.1 Å². The fraction of sp³-hybridized carbons (Fsp3) is 0.512. The van der Waals surface area contributed by atoms with Gasteiger partial charge in [-0.2, -0.15) is 0 Å². The number of rotatable bonds is 13. The van der Waals surface area contributed by atoms with Crippen molar-refractivity contribution in [1.82, 2.24) is 15.7 Å². The molecule has 6 rings (SSSR count). The van der Waals surface area contributed by atoms with Crippen LogP contribution < -0.4 is 10.8 Å². The Bertz CT molecular complexity index is 1630. The summed E-state index contributed by atoms with van der Waals surface area (Å²) in [6.07, 6.45) is 5.47. The van der Waals surface area contributed by atoms with Crippen molar-refractivity contribution in [1.29, 1.82) is 0 Å². The number of aliphatic hydroxyl groups is 1. The number of nitrogens with one attached hydrogen (secondary N) is 2. The molecule has 3 aromatic carbocycles. The predicted octanol–water partition coefficient (Wildman–Crippen LogP) is 6.97.